The SMILES string of the molecule is CCOP(=O)(OCC)C1CC(P(=O)(OCC)OCC)c2cc(Cl)c3cccnc3c2N1. The van der Waals surface area contributed by atoms with Crippen LogP contribution >= 0.6 is 26.8 Å². The minimum Gasteiger partial charge on any atom is -0.369 e. The highest BCUT2D eigenvalue weighted by Crippen LogP contribution is 2.69. The number of hydrogen-bond acceptors (Lipinski definition) is 8. The zero-order valence-corrected chi connectivity index (χ0v) is 20.7. The third-order valence-corrected chi connectivity index (χ3v) is 10.1. The molecule has 0 spiro atoms. The lowest BCUT2D eigenvalue weighted by Crippen LogP contribution is -2.31. The maximum atomic E-state index is 13.9. The number of anilines is 1. The fraction of sp³-hybridized carbons (Fsp3) is 0.550. The zero-order chi connectivity index (χ0) is 22.6. The van der Waals surface area contributed by atoms with E-state index in [1.165, 1.54) is 0 Å². The standard InChI is InChI=1S/C20H29ClN2O6P2/c1-5-26-30(24,27-6-2)17-13-18(31(25,28-7-3)29-8-4)23-20-15(17)12-16(21)14-10-9-11-22-19(14)20/h9-12,17-18,23H,5-8,13H2,1-4H3. The summed E-state index contributed by atoms with van der Waals surface area (Å²) in [6.45, 7) is 7.84. The molecule has 11 heteroatoms. The van der Waals surface area contributed by atoms with Gasteiger partial charge in [-0.3, -0.25) is 14.1 Å². The first-order valence-electron chi connectivity index (χ1n) is 10.4. The highest BCUT2D eigenvalue weighted by atomic mass is 35.5. The van der Waals surface area contributed by atoms with E-state index in [2.05, 4.69) is 10.3 Å². The zero-order valence-electron chi connectivity index (χ0n) is 18.2. The fourth-order valence-electron chi connectivity index (χ4n) is 3.86. The summed E-state index contributed by atoms with van der Waals surface area (Å²) in [6, 6.07) is 5.39. The number of rotatable bonds is 10. The van der Waals surface area contributed by atoms with Crippen molar-refractivity contribution in [3.8, 4) is 0 Å². The van der Waals surface area contributed by atoms with E-state index >= 15 is 0 Å². The Bertz CT molecular complexity index is 1000. The van der Waals surface area contributed by atoms with Gasteiger partial charge in [-0.25, -0.2) is 0 Å². The molecule has 1 aromatic heterocycles. The van der Waals surface area contributed by atoms with Crippen LogP contribution in [0.2, 0.25) is 5.02 Å². The highest BCUT2D eigenvalue weighted by molar-refractivity contribution is 7.55. The van der Waals surface area contributed by atoms with Crippen molar-refractivity contribution < 1.29 is 27.2 Å². The van der Waals surface area contributed by atoms with E-state index in [4.69, 9.17) is 29.7 Å². The Labute approximate surface area is 188 Å². The molecule has 0 saturated carbocycles. The highest BCUT2D eigenvalue weighted by Gasteiger charge is 2.49. The molecule has 8 nitrogen and oxygen atoms in total. The maximum Gasteiger partial charge on any atom is 0.352 e. The van der Waals surface area contributed by atoms with E-state index in [1.807, 2.05) is 6.07 Å². The predicted octanol–water partition coefficient (Wildman–Crippen LogP) is 6.60. The van der Waals surface area contributed by atoms with Gasteiger partial charge < -0.3 is 23.4 Å². The quantitative estimate of drug-likeness (QED) is 0.372. The lowest BCUT2D eigenvalue weighted by Gasteiger charge is -2.38. The van der Waals surface area contributed by atoms with Crippen LogP contribution in [0.15, 0.2) is 24.4 Å². The first-order chi connectivity index (χ1) is 14.8. The molecule has 0 amide bonds. The van der Waals surface area contributed by atoms with Gasteiger partial charge in [0, 0.05) is 11.6 Å². The molecule has 2 aromatic rings. The third kappa shape index (κ3) is 4.86. The molecule has 0 saturated heterocycles. The van der Waals surface area contributed by atoms with Gasteiger partial charge in [0.2, 0.25) is 0 Å². The van der Waals surface area contributed by atoms with E-state index in [0.29, 0.717) is 21.8 Å². The number of halogens is 1. The summed E-state index contributed by atoms with van der Waals surface area (Å²) in [5, 5.41) is 4.50. The monoisotopic (exact) mass is 490 g/mol. The van der Waals surface area contributed by atoms with Gasteiger partial charge >= 0.3 is 15.2 Å². The second-order valence-electron chi connectivity index (χ2n) is 6.88. The van der Waals surface area contributed by atoms with Crippen molar-refractivity contribution in [2.24, 2.45) is 0 Å². The third-order valence-electron chi connectivity index (χ3n) is 4.99. The number of hydrogen-bond donors (Lipinski definition) is 1. The van der Waals surface area contributed by atoms with Crippen molar-refractivity contribution in [1.82, 2.24) is 4.98 Å². The van der Waals surface area contributed by atoms with Crippen molar-refractivity contribution >= 4 is 43.4 Å². The normalized spacial score (nSPS) is 19.3. The van der Waals surface area contributed by atoms with Gasteiger partial charge in [-0.1, -0.05) is 11.6 Å². The second-order valence-corrected chi connectivity index (χ2v) is 11.7. The molecule has 0 aliphatic carbocycles. The van der Waals surface area contributed by atoms with Gasteiger partial charge in [-0.15, -0.1) is 0 Å². The van der Waals surface area contributed by atoms with E-state index < -0.39 is 26.6 Å². The topological polar surface area (TPSA) is 96.0 Å². The van der Waals surface area contributed by atoms with Crippen molar-refractivity contribution in [3.63, 3.8) is 0 Å². The number of aromatic nitrogens is 1. The Morgan fingerprint density at radius 2 is 1.61 bits per heavy atom. The minimum absolute atomic E-state index is 0.163. The Morgan fingerprint density at radius 3 is 2.19 bits per heavy atom. The molecule has 2 heterocycles. The molecule has 1 aliphatic rings. The van der Waals surface area contributed by atoms with Gasteiger partial charge in [0.15, 0.2) is 0 Å². The van der Waals surface area contributed by atoms with Gasteiger partial charge in [-0.2, -0.15) is 0 Å². The number of nitrogens with zero attached hydrogens (tertiary/aromatic N) is 1. The van der Waals surface area contributed by atoms with Crippen molar-refractivity contribution in [3.05, 3.63) is 35.0 Å². The van der Waals surface area contributed by atoms with Crippen LogP contribution in [0.1, 0.15) is 45.3 Å². The molecule has 31 heavy (non-hydrogen) atoms. The molecule has 0 fully saturated rings. The Morgan fingerprint density at radius 1 is 1.03 bits per heavy atom. The van der Waals surface area contributed by atoms with E-state index in [1.54, 1.807) is 46.0 Å². The van der Waals surface area contributed by atoms with Gasteiger partial charge in [0.25, 0.3) is 0 Å². The van der Waals surface area contributed by atoms with Crippen LogP contribution in [0.5, 0.6) is 0 Å². The van der Waals surface area contributed by atoms with Crippen molar-refractivity contribution in [2.75, 3.05) is 31.7 Å². The molecule has 0 radical (unpaired) electrons. The van der Waals surface area contributed by atoms with Crippen molar-refractivity contribution in [2.45, 2.75) is 45.6 Å². The fourth-order valence-corrected chi connectivity index (χ4v) is 8.38. The molecule has 1 N–H and O–H groups in total. The van der Waals surface area contributed by atoms with Crippen LogP contribution < -0.4 is 5.32 Å². The molecule has 1 aromatic carbocycles. The molecule has 2 atom stereocenters. The van der Waals surface area contributed by atoms with Crippen molar-refractivity contribution in [1.29, 1.82) is 0 Å². The molecule has 2 unspecified atom stereocenters. The number of fused-ring (bicyclic) bond motifs is 3. The van der Waals surface area contributed by atoms with E-state index in [0.717, 1.165) is 5.39 Å². The Hall–Kier alpha value is -0.980. The second kappa shape index (κ2) is 10.3. The predicted molar refractivity (Wildman–Crippen MR) is 123 cm³/mol. The summed E-state index contributed by atoms with van der Waals surface area (Å²) in [6.07, 6.45) is 1.81. The molecular weight excluding hydrogens is 462 g/mol. The average Bonchev–Trinajstić information content (AvgIpc) is 2.74. The van der Waals surface area contributed by atoms with Crippen LogP contribution in [0.3, 0.4) is 0 Å². The minimum atomic E-state index is -3.63. The van der Waals surface area contributed by atoms with E-state index in [9.17, 15) is 9.13 Å². The maximum absolute atomic E-state index is 13.9. The molecule has 172 valence electrons. The Kier molecular flexibility index (Phi) is 8.20. The molecule has 3 rings (SSSR count). The van der Waals surface area contributed by atoms with Crippen LogP contribution in [0.25, 0.3) is 10.9 Å². The van der Waals surface area contributed by atoms with Gasteiger partial charge in [0.05, 0.1) is 48.3 Å². The summed E-state index contributed by atoms with van der Waals surface area (Å²) >= 11 is 6.55. The Balaban J connectivity index is 2.24. The number of nitrogens with one attached hydrogen (secondary N) is 1. The van der Waals surface area contributed by atoms with Crippen LogP contribution in [-0.2, 0) is 27.2 Å². The van der Waals surface area contributed by atoms with Gasteiger partial charge in [-0.05, 0) is 57.9 Å². The van der Waals surface area contributed by atoms with Gasteiger partial charge in [0.1, 0.15) is 5.78 Å². The van der Waals surface area contributed by atoms with Crippen LogP contribution in [0, 0.1) is 0 Å². The molecular formula is C20H29ClN2O6P2. The smallest absolute Gasteiger partial charge is 0.352 e. The summed E-state index contributed by atoms with van der Waals surface area (Å²) in [4.78, 5) is 4.48. The lowest BCUT2D eigenvalue weighted by atomic mass is 10.00. The van der Waals surface area contributed by atoms with Crippen LogP contribution in [-0.4, -0.2) is 37.2 Å². The first-order valence-corrected chi connectivity index (χ1v) is 14.0. The van der Waals surface area contributed by atoms with Crippen LogP contribution in [0.4, 0.5) is 5.69 Å². The summed E-state index contributed by atoms with van der Waals surface area (Å²) in [5.74, 6) is -0.759. The largest absolute Gasteiger partial charge is 0.369 e. The number of pyridine rings is 1. The number of benzene rings is 1. The summed E-state index contributed by atoms with van der Waals surface area (Å²) < 4.78 is 50.0. The van der Waals surface area contributed by atoms with E-state index in [-0.39, 0.29) is 32.8 Å². The molecule has 1 aliphatic heterocycles. The lowest BCUT2D eigenvalue weighted by molar-refractivity contribution is 0.203. The molecule has 0 bridgehead atoms. The summed E-state index contributed by atoms with van der Waals surface area (Å²) in [7, 11) is -7.22. The summed E-state index contributed by atoms with van der Waals surface area (Å²) in [5.41, 5.74) is 1.10. The first kappa shape index (κ1) is 24.7. The average molecular weight is 491 g/mol.